The Kier molecular flexibility index (Phi) is 19.2. The van der Waals surface area contributed by atoms with Gasteiger partial charge in [-0.3, -0.25) is 19.4 Å². The number of esters is 1. The van der Waals surface area contributed by atoms with Gasteiger partial charge in [0, 0.05) is 19.4 Å². The maximum atomic E-state index is 12.1. The smallest absolute Gasteiger partial charge is 0.305 e. The molecule has 0 aromatic carbocycles. The van der Waals surface area contributed by atoms with Crippen LogP contribution in [-0.2, 0) is 14.3 Å². The van der Waals surface area contributed by atoms with Gasteiger partial charge in [0.2, 0.25) is 5.95 Å². The first kappa shape index (κ1) is 36.4. The fourth-order valence-electron chi connectivity index (χ4n) is 5.54. The molecule has 1 aliphatic rings. The van der Waals surface area contributed by atoms with E-state index in [2.05, 4.69) is 32.0 Å². The summed E-state index contributed by atoms with van der Waals surface area (Å²) in [7, 11) is 0. The Hall–Kier alpha value is -2.82. The van der Waals surface area contributed by atoms with Gasteiger partial charge in [0.1, 0.15) is 5.69 Å². The van der Waals surface area contributed by atoms with Crippen LogP contribution in [0.15, 0.2) is 4.79 Å². The molecule has 1 aromatic rings. The fraction of sp³-hybridized carbons (Fsp3) is 0.812. The van der Waals surface area contributed by atoms with E-state index in [1.165, 1.54) is 25.7 Å². The van der Waals surface area contributed by atoms with Crippen LogP contribution in [0.2, 0.25) is 0 Å². The van der Waals surface area contributed by atoms with Crippen molar-refractivity contribution in [1.29, 1.82) is 0 Å². The number of hydrogen-bond acceptors (Lipinski definition) is 9. The zero-order valence-electron chi connectivity index (χ0n) is 26.7. The number of aliphatic carboxylic acids is 1. The zero-order valence-corrected chi connectivity index (χ0v) is 26.7. The average Bonchev–Trinajstić information content (AvgIpc) is 3.38. The molecule has 0 saturated heterocycles. The number of ether oxygens (including phenoxy) is 1. The predicted molar refractivity (Wildman–Crippen MR) is 174 cm³/mol. The summed E-state index contributed by atoms with van der Waals surface area (Å²) in [5, 5.41) is 11.9. The van der Waals surface area contributed by atoms with Gasteiger partial charge in [0.25, 0.3) is 5.56 Å². The number of anilines is 3. The van der Waals surface area contributed by atoms with Gasteiger partial charge in [-0.2, -0.15) is 4.98 Å². The number of carboxylic acid groups (broad SMARTS) is 1. The maximum Gasteiger partial charge on any atom is 0.305 e. The molecule has 0 saturated carbocycles. The summed E-state index contributed by atoms with van der Waals surface area (Å²) >= 11 is 0. The summed E-state index contributed by atoms with van der Waals surface area (Å²) in [5.74, 6) is -0.0121. The third-order valence-corrected chi connectivity index (χ3v) is 8.05. The molecule has 11 nitrogen and oxygen atoms in total. The molecule has 0 radical (unpaired) electrons. The maximum absolute atomic E-state index is 12.1. The molecule has 0 amide bonds. The number of nitrogen functional groups attached to an aromatic ring is 1. The molecule has 43 heavy (non-hydrogen) atoms. The summed E-state index contributed by atoms with van der Waals surface area (Å²) in [6, 6.07) is 0. The molecular formula is C32H58N6O5. The molecule has 2 rings (SSSR count). The molecule has 11 heteroatoms. The average molecular weight is 607 g/mol. The number of nitrogens with one attached hydrogen (secondary N) is 2. The van der Waals surface area contributed by atoms with Crippen LogP contribution < -0.4 is 21.5 Å². The molecule has 5 N–H and O–H groups in total. The molecule has 1 aliphatic heterocycles. The number of carbonyl (C=O) groups is 2. The number of nitrogens with zero attached hydrogens (tertiary/aromatic N) is 3. The van der Waals surface area contributed by atoms with Gasteiger partial charge < -0.3 is 30.7 Å². The summed E-state index contributed by atoms with van der Waals surface area (Å²) < 4.78 is 5.39. The lowest BCUT2D eigenvalue weighted by atomic mass is 10.1. The SMILES string of the molecule is CCCCCCCCOC(=O)CCCCCCCN(CCCCCCCC(=O)O)CCCN1CNc2c1nc(N)[nH]c2=O. The molecule has 246 valence electrons. The molecule has 1 aromatic heterocycles. The molecule has 0 bridgehead atoms. The van der Waals surface area contributed by atoms with Crippen LogP contribution in [0.1, 0.15) is 129 Å². The molecule has 0 aliphatic carbocycles. The first-order valence-electron chi connectivity index (χ1n) is 16.9. The minimum Gasteiger partial charge on any atom is -0.481 e. The summed E-state index contributed by atoms with van der Waals surface area (Å²) in [4.78, 5) is 46.3. The molecule has 0 spiro atoms. The number of hydrogen-bond donors (Lipinski definition) is 4. The van der Waals surface area contributed by atoms with Crippen LogP contribution in [0, 0.1) is 0 Å². The van der Waals surface area contributed by atoms with E-state index in [-0.39, 0.29) is 23.9 Å². The minimum absolute atomic E-state index is 0.0546. The van der Waals surface area contributed by atoms with Crippen LogP contribution in [-0.4, -0.2) is 71.4 Å². The highest BCUT2D eigenvalue weighted by Crippen LogP contribution is 2.25. The van der Waals surface area contributed by atoms with Crippen LogP contribution in [0.5, 0.6) is 0 Å². The monoisotopic (exact) mass is 606 g/mol. The normalized spacial score (nSPS) is 12.5. The van der Waals surface area contributed by atoms with Gasteiger partial charge in [-0.1, -0.05) is 77.6 Å². The Labute approximate surface area is 258 Å². The lowest BCUT2D eigenvalue weighted by molar-refractivity contribution is -0.144. The van der Waals surface area contributed by atoms with Crippen molar-refractivity contribution in [2.75, 3.05) is 55.4 Å². The second-order valence-electron chi connectivity index (χ2n) is 11.9. The van der Waals surface area contributed by atoms with Crippen molar-refractivity contribution in [3.8, 4) is 0 Å². The number of rotatable bonds is 27. The lowest BCUT2D eigenvalue weighted by Gasteiger charge is -2.24. The second kappa shape index (κ2) is 22.7. The highest BCUT2D eigenvalue weighted by Gasteiger charge is 2.23. The summed E-state index contributed by atoms with van der Waals surface area (Å²) in [6.07, 6.45) is 19.3. The van der Waals surface area contributed by atoms with Crippen LogP contribution in [0.25, 0.3) is 0 Å². The highest BCUT2D eigenvalue weighted by molar-refractivity contribution is 5.70. The number of unbranched alkanes of at least 4 members (excludes halogenated alkanes) is 13. The number of aromatic amines is 1. The van der Waals surface area contributed by atoms with Gasteiger partial charge in [0.15, 0.2) is 5.82 Å². The van der Waals surface area contributed by atoms with Gasteiger partial charge in [-0.05, 0) is 58.2 Å². The number of carbonyl (C=O) groups excluding carboxylic acids is 1. The van der Waals surface area contributed by atoms with E-state index < -0.39 is 5.97 Å². The Morgan fingerprint density at radius 2 is 1.44 bits per heavy atom. The third kappa shape index (κ3) is 16.6. The van der Waals surface area contributed by atoms with Gasteiger partial charge in [0.05, 0.1) is 13.3 Å². The minimum atomic E-state index is -0.715. The first-order valence-corrected chi connectivity index (χ1v) is 16.9. The van der Waals surface area contributed by atoms with Crippen LogP contribution in [0.3, 0.4) is 0 Å². The van der Waals surface area contributed by atoms with E-state index >= 15 is 0 Å². The van der Waals surface area contributed by atoms with E-state index in [1.807, 2.05) is 0 Å². The number of nitrogens with two attached hydrogens (primary N) is 1. The van der Waals surface area contributed by atoms with E-state index in [0.717, 1.165) is 110 Å². The summed E-state index contributed by atoms with van der Waals surface area (Å²) in [6.45, 7) is 7.16. The van der Waals surface area contributed by atoms with Gasteiger partial charge in [-0.25, -0.2) is 0 Å². The van der Waals surface area contributed by atoms with Crippen molar-refractivity contribution in [2.45, 2.75) is 129 Å². The summed E-state index contributed by atoms with van der Waals surface area (Å²) in [5.41, 5.74) is 6.01. The molecular weight excluding hydrogens is 548 g/mol. The van der Waals surface area contributed by atoms with Crippen molar-refractivity contribution < 1.29 is 19.4 Å². The third-order valence-electron chi connectivity index (χ3n) is 8.05. The fourth-order valence-corrected chi connectivity index (χ4v) is 5.54. The number of H-pyrrole nitrogens is 1. The van der Waals surface area contributed by atoms with Crippen molar-refractivity contribution in [3.05, 3.63) is 10.4 Å². The Bertz CT molecular complexity index is 972. The Balaban J connectivity index is 1.62. The Morgan fingerprint density at radius 3 is 2.12 bits per heavy atom. The molecule has 0 unspecified atom stereocenters. The number of fused-ring (bicyclic) bond motifs is 1. The Morgan fingerprint density at radius 1 is 0.860 bits per heavy atom. The molecule has 2 heterocycles. The zero-order chi connectivity index (χ0) is 31.1. The van der Waals surface area contributed by atoms with Gasteiger partial charge >= 0.3 is 11.9 Å². The topological polar surface area (TPSA) is 154 Å². The van der Waals surface area contributed by atoms with E-state index in [1.54, 1.807) is 0 Å². The molecule has 0 atom stereocenters. The van der Waals surface area contributed by atoms with E-state index in [9.17, 15) is 14.4 Å². The first-order chi connectivity index (χ1) is 20.9. The van der Waals surface area contributed by atoms with E-state index in [0.29, 0.717) is 31.2 Å². The number of carboxylic acids is 1. The van der Waals surface area contributed by atoms with Crippen molar-refractivity contribution in [2.24, 2.45) is 0 Å². The van der Waals surface area contributed by atoms with Crippen LogP contribution >= 0.6 is 0 Å². The van der Waals surface area contributed by atoms with Crippen molar-refractivity contribution in [3.63, 3.8) is 0 Å². The highest BCUT2D eigenvalue weighted by atomic mass is 16.5. The van der Waals surface area contributed by atoms with Gasteiger partial charge in [-0.15, -0.1) is 0 Å². The second-order valence-corrected chi connectivity index (χ2v) is 11.9. The lowest BCUT2D eigenvalue weighted by Crippen LogP contribution is -2.31. The quantitative estimate of drug-likeness (QED) is 0.0702. The van der Waals surface area contributed by atoms with E-state index in [4.69, 9.17) is 15.6 Å². The van der Waals surface area contributed by atoms with Crippen molar-refractivity contribution in [1.82, 2.24) is 14.9 Å². The standard InChI is InChI=1S/C32H58N6O5/c1-2-3-4-5-12-17-25-43-28(41)20-14-9-7-11-16-22-37(21-15-10-6-8-13-19-27(39)40)23-18-24-38-26-34-29-30(38)35-32(33)36-31(29)42/h34H,2-26H2,1H3,(H,39,40)(H3,33,35,36,42). The molecule has 0 fully saturated rings. The van der Waals surface area contributed by atoms with Crippen LogP contribution in [0.4, 0.5) is 17.5 Å². The largest absolute Gasteiger partial charge is 0.481 e. The predicted octanol–water partition coefficient (Wildman–Crippen LogP) is 5.90. The van der Waals surface area contributed by atoms with Crippen molar-refractivity contribution >= 4 is 29.4 Å². The number of aromatic nitrogens is 2.